The molecule has 1 amide bonds. The summed E-state index contributed by atoms with van der Waals surface area (Å²) in [6.45, 7) is 1.14. The van der Waals surface area contributed by atoms with Gasteiger partial charge < -0.3 is 10.1 Å². The van der Waals surface area contributed by atoms with Gasteiger partial charge in [0.15, 0.2) is 6.10 Å². The van der Waals surface area contributed by atoms with Crippen LogP contribution in [0.1, 0.15) is 45.4 Å². The lowest BCUT2D eigenvalue weighted by molar-refractivity contribution is -0.155. The SMILES string of the molecule is C[C@H](OC(=O)Cn1ccc(=O)[nH]c1=O)C(=O)NC1CCCCCC1. The van der Waals surface area contributed by atoms with Gasteiger partial charge in [0, 0.05) is 18.3 Å². The van der Waals surface area contributed by atoms with Crippen molar-refractivity contribution >= 4 is 11.9 Å². The zero-order chi connectivity index (χ0) is 17.5. The summed E-state index contributed by atoms with van der Waals surface area (Å²) in [5.74, 6) is -1.04. The van der Waals surface area contributed by atoms with Gasteiger partial charge >= 0.3 is 11.7 Å². The Labute approximate surface area is 139 Å². The number of amides is 1. The van der Waals surface area contributed by atoms with Crippen LogP contribution >= 0.6 is 0 Å². The van der Waals surface area contributed by atoms with Gasteiger partial charge in [0.2, 0.25) is 0 Å². The molecular formula is C16H23N3O5. The number of ether oxygens (including phenoxy) is 1. The van der Waals surface area contributed by atoms with E-state index in [1.165, 1.54) is 26.0 Å². The first kappa shape index (κ1) is 18.0. The number of aromatic nitrogens is 2. The van der Waals surface area contributed by atoms with E-state index in [1.54, 1.807) is 0 Å². The van der Waals surface area contributed by atoms with Gasteiger partial charge in [-0.2, -0.15) is 0 Å². The molecule has 132 valence electrons. The number of hydrogen-bond acceptors (Lipinski definition) is 5. The average molecular weight is 337 g/mol. The third kappa shape index (κ3) is 5.36. The number of nitrogens with zero attached hydrogens (tertiary/aromatic N) is 1. The van der Waals surface area contributed by atoms with E-state index in [-0.39, 0.29) is 18.5 Å². The first-order chi connectivity index (χ1) is 11.5. The number of aromatic amines is 1. The molecule has 0 aliphatic heterocycles. The lowest BCUT2D eigenvalue weighted by Gasteiger charge is -2.19. The summed E-state index contributed by atoms with van der Waals surface area (Å²) in [4.78, 5) is 48.5. The van der Waals surface area contributed by atoms with Crippen molar-refractivity contribution in [2.45, 2.75) is 64.1 Å². The Balaban J connectivity index is 1.84. The van der Waals surface area contributed by atoms with Crippen molar-refractivity contribution in [2.24, 2.45) is 0 Å². The van der Waals surface area contributed by atoms with Crippen LogP contribution in [0.3, 0.4) is 0 Å². The van der Waals surface area contributed by atoms with Gasteiger partial charge in [-0.25, -0.2) is 4.79 Å². The molecule has 1 aromatic heterocycles. The van der Waals surface area contributed by atoms with E-state index in [1.807, 2.05) is 4.98 Å². The number of nitrogens with one attached hydrogen (secondary N) is 2. The van der Waals surface area contributed by atoms with Crippen LogP contribution in [0.5, 0.6) is 0 Å². The van der Waals surface area contributed by atoms with E-state index in [0.717, 1.165) is 36.3 Å². The molecule has 0 unspecified atom stereocenters. The second-order valence-corrected chi connectivity index (χ2v) is 6.07. The Kier molecular flexibility index (Phi) is 6.34. The van der Waals surface area contributed by atoms with Crippen molar-refractivity contribution in [3.8, 4) is 0 Å². The minimum Gasteiger partial charge on any atom is -0.451 e. The topological polar surface area (TPSA) is 110 Å². The van der Waals surface area contributed by atoms with Crippen LogP contribution in [0.4, 0.5) is 0 Å². The molecule has 1 fully saturated rings. The van der Waals surface area contributed by atoms with Crippen molar-refractivity contribution in [3.63, 3.8) is 0 Å². The molecule has 8 nitrogen and oxygen atoms in total. The third-order valence-electron chi connectivity index (χ3n) is 4.08. The molecule has 0 bridgehead atoms. The predicted molar refractivity (Wildman–Crippen MR) is 86.5 cm³/mol. The smallest absolute Gasteiger partial charge is 0.328 e. The highest BCUT2D eigenvalue weighted by Gasteiger charge is 2.22. The molecule has 0 spiro atoms. The summed E-state index contributed by atoms with van der Waals surface area (Å²) in [7, 11) is 0. The van der Waals surface area contributed by atoms with E-state index < -0.39 is 23.3 Å². The molecule has 0 radical (unpaired) electrons. The molecule has 2 N–H and O–H groups in total. The lowest BCUT2D eigenvalue weighted by Crippen LogP contribution is -2.42. The molecule has 8 heteroatoms. The molecule has 1 aliphatic rings. The first-order valence-electron chi connectivity index (χ1n) is 8.25. The normalized spacial score (nSPS) is 16.9. The maximum Gasteiger partial charge on any atom is 0.328 e. The van der Waals surface area contributed by atoms with Crippen molar-refractivity contribution in [1.82, 2.24) is 14.9 Å². The number of carbonyl (C=O) groups is 2. The second kappa shape index (κ2) is 8.47. The number of H-pyrrole nitrogens is 1. The monoisotopic (exact) mass is 337 g/mol. The fraction of sp³-hybridized carbons (Fsp3) is 0.625. The molecule has 2 rings (SSSR count). The number of hydrogen-bond donors (Lipinski definition) is 2. The van der Waals surface area contributed by atoms with Crippen molar-refractivity contribution in [3.05, 3.63) is 33.1 Å². The van der Waals surface area contributed by atoms with Crippen molar-refractivity contribution in [2.75, 3.05) is 0 Å². The van der Waals surface area contributed by atoms with Crippen LogP contribution in [0.15, 0.2) is 21.9 Å². The van der Waals surface area contributed by atoms with Crippen LogP contribution in [0.25, 0.3) is 0 Å². The fourth-order valence-electron chi connectivity index (χ4n) is 2.74. The van der Waals surface area contributed by atoms with Crippen LogP contribution in [0.2, 0.25) is 0 Å². The highest BCUT2D eigenvalue weighted by molar-refractivity contribution is 5.83. The van der Waals surface area contributed by atoms with Gasteiger partial charge in [0.25, 0.3) is 11.5 Å². The number of rotatable bonds is 5. The maximum atomic E-state index is 12.1. The third-order valence-corrected chi connectivity index (χ3v) is 4.08. The Morgan fingerprint density at radius 3 is 2.58 bits per heavy atom. The molecular weight excluding hydrogens is 314 g/mol. The van der Waals surface area contributed by atoms with Crippen molar-refractivity contribution in [1.29, 1.82) is 0 Å². The van der Waals surface area contributed by atoms with E-state index in [4.69, 9.17) is 4.74 Å². The molecule has 1 aromatic rings. The summed E-state index contributed by atoms with van der Waals surface area (Å²) in [5.41, 5.74) is -1.24. The Bertz CT molecular complexity index is 685. The van der Waals surface area contributed by atoms with Gasteiger partial charge in [-0.1, -0.05) is 25.7 Å². The zero-order valence-corrected chi connectivity index (χ0v) is 13.7. The van der Waals surface area contributed by atoms with Gasteiger partial charge in [-0.3, -0.25) is 23.9 Å². The largest absolute Gasteiger partial charge is 0.451 e. The Morgan fingerprint density at radius 2 is 1.96 bits per heavy atom. The summed E-state index contributed by atoms with van der Waals surface area (Å²) >= 11 is 0. The van der Waals surface area contributed by atoms with Gasteiger partial charge in [0.1, 0.15) is 6.54 Å². The van der Waals surface area contributed by atoms with Crippen LogP contribution in [-0.4, -0.2) is 33.6 Å². The van der Waals surface area contributed by atoms with Gasteiger partial charge in [0.05, 0.1) is 0 Å². The van der Waals surface area contributed by atoms with E-state index >= 15 is 0 Å². The summed E-state index contributed by atoms with van der Waals surface area (Å²) in [6.07, 6.45) is 6.72. The summed E-state index contributed by atoms with van der Waals surface area (Å²) in [6, 6.07) is 1.26. The van der Waals surface area contributed by atoms with Crippen LogP contribution in [-0.2, 0) is 20.9 Å². The van der Waals surface area contributed by atoms with Gasteiger partial charge in [-0.15, -0.1) is 0 Å². The highest BCUT2D eigenvalue weighted by Crippen LogP contribution is 2.17. The van der Waals surface area contributed by atoms with Crippen LogP contribution in [0, 0.1) is 0 Å². The quantitative estimate of drug-likeness (QED) is 0.593. The minimum atomic E-state index is -0.931. The molecule has 24 heavy (non-hydrogen) atoms. The van der Waals surface area contributed by atoms with E-state index in [0.29, 0.717) is 0 Å². The zero-order valence-electron chi connectivity index (χ0n) is 13.7. The van der Waals surface area contributed by atoms with Gasteiger partial charge in [-0.05, 0) is 19.8 Å². The maximum absolute atomic E-state index is 12.1. The highest BCUT2D eigenvalue weighted by atomic mass is 16.5. The fourth-order valence-corrected chi connectivity index (χ4v) is 2.74. The molecule has 0 saturated heterocycles. The predicted octanol–water partition coefficient (Wildman–Crippen LogP) is 0.307. The summed E-state index contributed by atoms with van der Waals surface area (Å²) in [5, 5.41) is 2.91. The first-order valence-corrected chi connectivity index (χ1v) is 8.25. The molecule has 1 heterocycles. The summed E-state index contributed by atoms with van der Waals surface area (Å²) < 4.78 is 6.08. The van der Waals surface area contributed by atoms with Crippen LogP contribution < -0.4 is 16.6 Å². The minimum absolute atomic E-state index is 0.128. The number of esters is 1. The molecule has 1 atom stereocenters. The lowest BCUT2D eigenvalue weighted by atomic mass is 10.1. The molecule has 1 aliphatic carbocycles. The van der Waals surface area contributed by atoms with Crippen molar-refractivity contribution < 1.29 is 14.3 Å². The average Bonchev–Trinajstić information content (AvgIpc) is 2.78. The molecule has 0 aromatic carbocycles. The molecule has 1 saturated carbocycles. The Hall–Kier alpha value is -2.38. The Morgan fingerprint density at radius 1 is 1.29 bits per heavy atom. The van der Waals surface area contributed by atoms with E-state index in [9.17, 15) is 19.2 Å². The number of carbonyl (C=O) groups excluding carboxylic acids is 2. The second-order valence-electron chi connectivity index (χ2n) is 6.07. The standard InChI is InChI=1S/C16H23N3O5/c1-11(15(22)17-12-6-4-2-3-5-7-12)24-14(21)10-19-9-8-13(20)18-16(19)23/h8-9,11-12H,2-7,10H2,1H3,(H,17,22)(H,18,20,23)/t11-/m0/s1. The van der Waals surface area contributed by atoms with E-state index in [2.05, 4.69) is 5.32 Å².